The second-order valence-electron chi connectivity index (χ2n) is 5.90. The molecular weight excluding hydrogens is 272 g/mol. The molecule has 0 aromatic carbocycles. The number of rotatable bonds is 2. The van der Waals surface area contributed by atoms with Crippen LogP contribution in [-0.4, -0.2) is 40.5 Å². The number of thiophene rings is 1. The summed E-state index contributed by atoms with van der Waals surface area (Å²) in [5.74, 6) is 2.29. The molecule has 2 N–H and O–H groups in total. The first-order chi connectivity index (χ1) is 9.72. The van der Waals surface area contributed by atoms with Crippen LogP contribution in [-0.2, 0) is 6.54 Å². The first kappa shape index (κ1) is 12.5. The number of nitrogens with one attached hydrogen (secondary N) is 2. The Labute approximate surface area is 121 Å². The maximum absolute atomic E-state index is 12.0. The number of hydrogen-bond acceptors (Lipinski definition) is 5. The number of aromatic amines is 1. The minimum Gasteiger partial charge on any atom is -0.316 e. The summed E-state index contributed by atoms with van der Waals surface area (Å²) in [7, 11) is 0. The van der Waals surface area contributed by atoms with E-state index >= 15 is 0 Å². The zero-order valence-corrected chi connectivity index (χ0v) is 12.2. The average molecular weight is 290 g/mol. The average Bonchev–Trinajstić information content (AvgIpc) is 3.09. The molecule has 0 saturated carbocycles. The Hall–Kier alpha value is -1.24. The van der Waals surface area contributed by atoms with E-state index in [1.807, 2.05) is 11.4 Å². The second-order valence-corrected chi connectivity index (χ2v) is 6.82. The molecule has 2 saturated heterocycles. The smallest absolute Gasteiger partial charge is 0.268 e. The molecule has 2 fully saturated rings. The zero-order chi connectivity index (χ0) is 13.7. The summed E-state index contributed by atoms with van der Waals surface area (Å²) in [4.78, 5) is 22.0. The van der Waals surface area contributed by atoms with Gasteiger partial charge >= 0.3 is 0 Å². The van der Waals surface area contributed by atoms with Gasteiger partial charge in [0.25, 0.3) is 5.56 Å². The van der Waals surface area contributed by atoms with Gasteiger partial charge in [-0.1, -0.05) is 0 Å². The lowest BCUT2D eigenvalue weighted by atomic mass is 9.95. The molecule has 2 aromatic rings. The number of H-pyrrole nitrogens is 1. The molecule has 0 radical (unpaired) electrons. The summed E-state index contributed by atoms with van der Waals surface area (Å²) in [6.45, 7) is 6.38. The van der Waals surface area contributed by atoms with E-state index in [9.17, 15) is 4.79 Å². The van der Waals surface area contributed by atoms with Crippen LogP contribution in [0, 0.1) is 11.8 Å². The highest BCUT2D eigenvalue weighted by molar-refractivity contribution is 7.17. The lowest BCUT2D eigenvalue weighted by molar-refractivity contribution is 0.226. The molecule has 0 amide bonds. The van der Waals surface area contributed by atoms with Gasteiger partial charge in [0, 0.05) is 12.6 Å². The van der Waals surface area contributed by atoms with Gasteiger partial charge in [-0.3, -0.25) is 9.69 Å². The molecule has 4 heterocycles. The van der Waals surface area contributed by atoms with E-state index in [0.717, 1.165) is 54.1 Å². The number of hydrogen-bond donors (Lipinski definition) is 2. The highest BCUT2D eigenvalue weighted by Gasteiger charge is 2.41. The first-order valence-corrected chi connectivity index (χ1v) is 8.01. The maximum atomic E-state index is 12.0. The molecule has 0 aliphatic carbocycles. The molecule has 2 aromatic heterocycles. The minimum atomic E-state index is -0.00582. The number of likely N-dealkylation sites (tertiary alicyclic amines) is 1. The molecule has 6 heteroatoms. The third-order valence-electron chi connectivity index (χ3n) is 4.77. The van der Waals surface area contributed by atoms with Gasteiger partial charge in [-0.15, -0.1) is 11.3 Å². The van der Waals surface area contributed by atoms with Crippen molar-refractivity contribution in [3.05, 3.63) is 27.6 Å². The number of nitrogens with zero attached hydrogens (tertiary/aromatic N) is 2. The monoisotopic (exact) mass is 290 g/mol. The summed E-state index contributed by atoms with van der Waals surface area (Å²) in [5, 5.41) is 5.39. The van der Waals surface area contributed by atoms with Crippen molar-refractivity contribution in [1.82, 2.24) is 20.2 Å². The van der Waals surface area contributed by atoms with Crippen molar-refractivity contribution in [1.29, 1.82) is 0 Å². The molecule has 20 heavy (non-hydrogen) atoms. The summed E-state index contributed by atoms with van der Waals surface area (Å²) in [6.07, 6.45) is 0. The van der Waals surface area contributed by atoms with Crippen LogP contribution in [0.15, 0.2) is 16.2 Å². The van der Waals surface area contributed by atoms with Crippen LogP contribution in [0.4, 0.5) is 0 Å². The standard InChI is InChI=1S/C14H18N4OS/c1-8-10-5-15-4-9(10)6-18(8)7-12-16-11-2-3-20-13(11)14(19)17-12/h2-3,8-10,15H,4-7H2,1H3,(H,16,17,19). The van der Waals surface area contributed by atoms with Gasteiger partial charge in [0.15, 0.2) is 0 Å². The molecular formula is C14H18N4OS. The number of aromatic nitrogens is 2. The summed E-state index contributed by atoms with van der Waals surface area (Å²) in [5.41, 5.74) is 0.816. The predicted octanol–water partition coefficient (Wildman–Crippen LogP) is 1.02. The topological polar surface area (TPSA) is 61.0 Å². The van der Waals surface area contributed by atoms with Gasteiger partial charge in [-0.05, 0) is 43.3 Å². The van der Waals surface area contributed by atoms with Crippen LogP contribution in [0.3, 0.4) is 0 Å². The molecule has 106 valence electrons. The molecule has 3 atom stereocenters. The normalized spacial score (nSPS) is 30.1. The molecule has 5 nitrogen and oxygen atoms in total. The Morgan fingerprint density at radius 2 is 2.40 bits per heavy atom. The van der Waals surface area contributed by atoms with E-state index in [1.54, 1.807) is 0 Å². The van der Waals surface area contributed by atoms with E-state index in [-0.39, 0.29) is 5.56 Å². The van der Waals surface area contributed by atoms with Gasteiger partial charge in [-0.25, -0.2) is 4.98 Å². The fraction of sp³-hybridized carbons (Fsp3) is 0.571. The Morgan fingerprint density at radius 1 is 1.50 bits per heavy atom. The highest BCUT2D eigenvalue weighted by Crippen LogP contribution is 2.32. The largest absolute Gasteiger partial charge is 0.316 e. The summed E-state index contributed by atoms with van der Waals surface area (Å²) >= 11 is 1.45. The molecule has 3 unspecified atom stereocenters. The van der Waals surface area contributed by atoms with Crippen molar-refractivity contribution in [3.63, 3.8) is 0 Å². The van der Waals surface area contributed by atoms with Crippen LogP contribution in [0.25, 0.3) is 10.2 Å². The fourth-order valence-corrected chi connectivity index (χ4v) is 4.38. The Morgan fingerprint density at radius 3 is 3.25 bits per heavy atom. The molecule has 0 bridgehead atoms. The van der Waals surface area contributed by atoms with Crippen molar-refractivity contribution in [3.8, 4) is 0 Å². The van der Waals surface area contributed by atoms with Crippen molar-refractivity contribution in [2.24, 2.45) is 11.8 Å². The Balaban J connectivity index is 1.60. The summed E-state index contributed by atoms with van der Waals surface area (Å²) < 4.78 is 0.726. The maximum Gasteiger partial charge on any atom is 0.268 e. The lowest BCUT2D eigenvalue weighted by Gasteiger charge is -2.23. The van der Waals surface area contributed by atoms with Crippen LogP contribution < -0.4 is 10.9 Å². The van der Waals surface area contributed by atoms with E-state index in [1.165, 1.54) is 11.3 Å². The van der Waals surface area contributed by atoms with E-state index in [2.05, 4.69) is 27.1 Å². The zero-order valence-electron chi connectivity index (χ0n) is 11.4. The van der Waals surface area contributed by atoms with Crippen LogP contribution >= 0.6 is 11.3 Å². The fourth-order valence-electron chi connectivity index (χ4n) is 3.65. The molecule has 0 spiro atoms. The third kappa shape index (κ3) is 1.90. The quantitative estimate of drug-likeness (QED) is 0.867. The minimum absolute atomic E-state index is 0.00582. The summed E-state index contributed by atoms with van der Waals surface area (Å²) in [6, 6.07) is 2.48. The van der Waals surface area contributed by atoms with E-state index in [0.29, 0.717) is 6.04 Å². The molecule has 4 rings (SSSR count). The highest BCUT2D eigenvalue weighted by atomic mass is 32.1. The third-order valence-corrected chi connectivity index (χ3v) is 5.68. The van der Waals surface area contributed by atoms with Gasteiger partial charge in [-0.2, -0.15) is 0 Å². The van der Waals surface area contributed by atoms with Gasteiger partial charge in [0.1, 0.15) is 10.5 Å². The Kier molecular flexibility index (Phi) is 2.90. The molecule has 2 aliphatic rings. The van der Waals surface area contributed by atoms with Crippen LogP contribution in [0.1, 0.15) is 12.7 Å². The second kappa shape index (κ2) is 4.65. The van der Waals surface area contributed by atoms with Crippen LogP contribution in [0.2, 0.25) is 0 Å². The van der Waals surface area contributed by atoms with Gasteiger partial charge in [0.05, 0.1) is 12.1 Å². The first-order valence-electron chi connectivity index (χ1n) is 7.13. The van der Waals surface area contributed by atoms with Gasteiger partial charge < -0.3 is 10.3 Å². The van der Waals surface area contributed by atoms with Crippen molar-refractivity contribution in [2.75, 3.05) is 19.6 Å². The van der Waals surface area contributed by atoms with Gasteiger partial charge in [0.2, 0.25) is 0 Å². The van der Waals surface area contributed by atoms with Crippen molar-refractivity contribution < 1.29 is 0 Å². The number of fused-ring (bicyclic) bond motifs is 2. The van der Waals surface area contributed by atoms with Crippen molar-refractivity contribution >= 4 is 21.6 Å². The molecule has 2 aliphatic heterocycles. The van der Waals surface area contributed by atoms with Crippen LogP contribution in [0.5, 0.6) is 0 Å². The lowest BCUT2D eigenvalue weighted by Crippen LogP contribution is -2.33. The SMILES string of the molecule is CC1C2CNCC2CN1Cc1nc2ccsc2c(=O)[nH]1. The predicted molar refractivity (Wildman–Crippen MR) is 80.0 cm³/mol. The van der Waals surface area contributed by atoms with Crippen molar-refractivity contribution in [2.45, 2.75) is 19.5 Å². The van der Waals surface area contributed by atoms with E-state index in [4.69, 9.17) is 0 Å². The Bertz CT molecular complexity index is 694. The van der Waals surface area contributed by atoms with E-state index < -0.39 is 0 Å².